The Hall–Kier alpha value is -1.13. The molecule has 1 aromatic heterocycles. The molecule has 1 N–H and O–H groups in total. The molecule has 2 rings (SSSR count). The van der Waals surface area contributed by atoms with Crippen molar-refractivity contribution in [1.29, 1.82) is 0 Å². The predicted molar refractivity (Wildman–Crippen MR) is 67.7 cm³/mol. The molecule has 0 saturated heterocycles. The van der Waals surface area contributed by atoms with Gasteiger partial charge in [0.15, 0.2) is 0 Å². The molecule has 0 spiro atoms. The van der Waals surface area contributed by atoms with Crippen molar-refractivity contribution in [2.75, 3.05) is 5.32 Å². The summed E-state index contributed by atoms with van der Waals surface area (Å²) in [7, 11) is 0. The van der Waals surface area contributed by atoms with E-state index in [9.17, 15) is 8.78 Å². The molecule has 0 aliphatic rings. The van der Waals surface area contributed by atoms with Crippen LogP contribution < -0.4 is 5.32 Å². The number of hydrogen-bond acceptors (Lipinski definition) is 2. The van der Waals surface area contributed by atoms with E-state index in [0.29, 0.717) is 4.34 Å². The maximum absolute atomic E-state index is 13.4. The van der Waals surface area contributed by atoms with E-state index in [1.165, 1.54) is 23.5 Å². The fraction of sp³-hybridized carbons (Fsp3) is 0.167. The molecule has 1 unspecified atom stereocenters. The van der Waals surface area contributed by atoms with Crippen molar-refractivity contribution < 1.29 is 8.78 Å². The van der Waals surface area contributed by atoms with E-state index in [1.807, 2.05) is 13.0 Å². The molecule has 0 saturated carbocycles. The molecule has 90 valence electrons. The van der Waals surface area contributed by atoms with Crippen LogP contribution in [0.1, 0.15) is 17.8 Å². The van der Waals surface area contributed by atoms with Gasteiger partial charge in [0, 0.05) is 10.9 Å². The molecular formula is C12H10ClF2NS. The molecule has 0 aliphatic heterocycles. The Morgan fingerprint density at radius 1 is 1.24 bits per heavy atom. The van der Waals surface area contributed by atoms with E-state index in [2.05, 4.69) is 5.32 Å². The third kappa shape index (κ3) is 2.96. The zero-order chi connectivity index (χ0) is 12.4. The first-order valence-electron chi connectivity index (χ1n) is 5.03. The van der Waals surface area contributed by atoms with Crippen molar-refractivity contribution >= 4 is 28.6 Å². The number of nitrogens with one attached hydrogen (secondary N) is 1. The van der Waals surface area contributed by atoms with Crippen LogP contribution in [0.25, 0.3) is 0 Å². The maximum atomic E-state index is 13.4. The van der Waals surface area contributed by atoms with E-state index in [0.717, 1.165) is 10.9 Å². The predicted octanol–water partition coefficient (Wildman–Crippen LogP) is 4.85. The average Bonchev–Trinajstić information content (AvgIpc) is 2.69. The zero-order valence-corrected chi connectivity index (χ0v) is 10.6. The standard InChI is InChI=1S/C12H10ClF2NS/c1-7(11-4-5-12(13)17-11)16-10-3-2-8(14)6-9(10)15/h2-7,16H,1H3. The van der Waals surface area contributed by atoms with Gasteiger partial charge in [0.1, 0.15) is 11.6 Å². The molecule has 17 heavy (non-hydrogen) atoms. The third-order valence-electron chi connectivity index (χ3n) is 2.32. The number of rotatable bonds is 3. The summed E-state index contributed by atoms with van der Waals surface area (Å²) in [5.74, 6) is -1.18. The first-order chi connectivity index (χ1) is 8.06. The molecule has 0 aliphatic carbocycles. The summed E-state index contributed by atoms with van der Waals surface area (Å²) in [6.45, 7) is 1.89. The lowest BCUT2D eigenvalue weighted by atomic mass is 10.2. The summed E-state index contributed by atoms with van der Waals surface area (Å²) < 4.78 is 26.8. The van der Waals surface area contributed by atoms with Crippen LogP contribution in [0.4, 0.5) is 14.5 Å². The van der Waals surface area contributed by atoms with E-state index >= 15 is 0 Å². The minimum Gasteiger partial charge on any atom is -0.375 e. The normalized spacial score (nSPS) is 12.5. The fourth-order valence-corrected chi connectivity index (χ4v) is 2.54. The summed E-state index contributed by atoms with van der Waals surface area (Å²) in [6, 6.07) is 7.06. The first kappa shape index (κ1) is 12.3. The van der Waals surface area contributed by atoms with Crippen LogP contribution in [0, 0.1) is 11.6 Å². The van der Waals surface area contributed by atoms with Crippen molar-refractivity contribution in [2.24, 2.45) is 0 Å². The zero-order valence-electron chi connectivity index (χ0n) is 9.01. The largest absolute Gasteiger partial charge is 0.375 e. The topological polar surface area (TPSA) is 12.0 Å². The molecule has 0 amide bonds. The van der Waals surface area contributed by atoms with Crippen LogP contribution in [-0.2, 0) is 0 Å². The molecule has 1 nitrogen and oxygen atoms in total. The highest BCUT2D eigenvalue weighted by Crippen LogP contribution is 2.29. The van der Waals surface area contributed by atoms with Gasteiger partial charge in [-0.2, -0.15) is 0 Å². The van der Waals surface area contributed by atoms with Gasteiger partial charge in [-0.3, -0.25) is 0 Å². The van der Waals surface area contributed by atoms with E-state index in [4.69, 9.17) is 11.6 Å². The summed E-state index contributed by atoms with van der Waals surface area (Å²) in [4.78, 5) is 0.999. The molecule has 1 atom stereocenters. The Kier molecular flexibility index (Phi) is 3.64. The molecule has 2 aromatic rings. The van der Waals surface area contributed by atoms with Gasteiger partial charge >= 0.3 is 0 Å². The van der Waals surface area contributed by atoms with Crippen molar-refractivity contribution in [3.63, 3.8) is 0 Å². The second-order valence-corrected chi connectivity index (χ2v) is 5.38. The highest BCUT2D eigenvalue weighted by atomic mass is 35.5. The van der Waals surface area contributed by atoms with Gasteiger partial charge in [-0.1, -0.05) is 11.6 Å². The van der Waals surface area contributed by atoms with E-state index in [-0.39, 0.29) is 11.7 Å². The molecule has 0 fully saturated rings. The van der Waals surface area contributed by atoms with E-state index in [1.54, 1.807) is 6.07 Å². The van der Waals surface area contributed by atoms with Crippen LogP contribution in [0.3, 0.4) is 0 Å². The molecular weight excluding hydrogens is 264 g/mol. The fourth-order valence-electron chi connectivity index (χ4n) is 1.47. The Morgan fingerprint density at radius 3 is 2.59 bits per heavy atom. The highest BCUT2D eigenvalue weighted by molar-refractivity contribution is 7.16. The van der Waals surface area contributed by atoms with Gasteiger partial charge < -0.3 is 5.32 Å². The Morgan fingerprint density at radius 2 is 2.00 bits per heavy atom. The average molecular weight is 274 g/mol. The SMILES string of the molecule is CC(Nc1ccc(F)cc1F)c1ccc(Cl)s1. The maximum Gasteiger partial charge on any atom is 0.149 e. The Labute approximate surface area is 107 Å². The van der Waals surface area contributed by atoms with Gasteiger partial charge in [-0.25, -0.2) is 8.78 Å². The Bertz CT molecular complexity index is 527. The smallest absolute Gasteiger partial charge is 0.149 e. The van der Waals surface area contributed by atoms with Gasteiger partial charge in [0.2, 0.25) is 0 Å². The van der Waals surface area contributed by atoms with Crippen LogP contribution in [0.5, 0.6) is 0 Å². The van der Waals surface area contributed by atoms with Crippen molar-refractivity contribution in [3.05, 3.63) is 51.2 Å². The Balaban J connectivity index is 2.15. The minimum absolute atomic E-state index is 0.0764. The number of halogens is 3. The van der Waals surface area contributed by atoms with Crippen LogP contribution in [-0.4, -0.2) is 0 Å². The minimum atomic E-state index is -0.598. The van der Waals surface area contributed by atoms with Crippen LogP contribution in [0.2, 0.25) is 4.34 Å². The lowest BCUT2D eigenvalue weighted by molar-refractivity contribution is 0.584. The molecule has 0 radical (unpaired) electrons. The van der Waals surface area contributed by atoms with Crippen molar-refractivity contribution in [3.8, 4) is 0 Å². The lowest BCUT2D eigenvalue weighted by Crippen LogP contribution is -2.06. The van der Waals surface area contributed by atoms with Gasteiger partial charge in [0.25, 0.3) is 0 Å². The highest BCUT2D eigenvalue weighted by Gasteiger charge is 2.11. The summed E-state index contributed by atoms with van der Waals surface area (Å²) in [6.07, 6.45) is 0. The summed E-state index contributed by atoms with van der Waals surface area (Å²) in [5.41, 5.74) is 0.281. The number of hydrogen-bond donors (Lipinski definition) is 1. The van der Waals surface area contributed by atoms with Crippen LogP contribution in [0.15, 0.2) is 30.3 Å². The monoisotopic (exact) mass is 273 g/mol. The quantitative estimate of drug-likeness (QED) is 0.843. The van der Waals surface area contributed by atoms with Crippen molar-refractivity contribution in [1.82, 2.24) is 0 Å². The summed E-state index contributed by atoms with van der Waals surface area (Å²) in [5, 5.41) is 2.98. The van der Waals surface area contributed by atoms with Crippen LogP contribution >= 0.6 is 22.9 Å². The third-order valence-corrected chi connectivity index (χ3v) is 3.74. The van der Waals surface area contributed by atoms with E-state index < -0.39 is 11.6 Å². The first-order valence-corrected chi connectivity index (χ1v) is 6.22. The van der Waals surface area contributed by atoms with Crippen molar-refractivity contribution in [2.45, 2.75) is 13.0 Å². The number of anilines is 1. The summed E-state index contributed by atoms with van der Waals surface area (Å²) >= 11 is 7.26. The van der Waals surface area contributed by atoms with Gasteiger partial charge in [-0.15, -0.1) is 11.3 Å². The number of thiophene rings is 1. The van der Waals surface area contributed by atoms with Gasteiger partial charge in [-0.05, 0) is 31.2 Å². The lowest BCUT2D eigenvalue weighted by Gasteiger charge is -2.14. The molecule has 1 heterocycles. The second-order valence-electron chi connectivity index (χ2n) is 3.63. The molecule has 5 heteroatoms. The second kappa shape index (κ2) is 5.02. The number of benzene rings is 1. The van der Waals surface area contributed by atoms with Gasteiger partial charge in [0.05, 0.1) is 16.1 Å². The molecule has 0 bridgehead atoms. The molecule has 1 aromatic carbocycles.